The minimum atomic E-state index is 0.00779. The largest absolute Gasteiger partial charge is 0.492 e. The van der Waals surface area contributed by atoms with Crippen LogP contribution in [0.4, 0.5) is 0 Å². The van der Waals surface area contributed by atoms with Gasteiger partial charge in [0, 0.05) is 42.3 Å². The molecule has 0 radical (unpaired) electrons. The molecule has 1 fully saturated rings. The van der Waals surface area contributed by atoms with Crippen LogP contribution in [0, 0.1) is 0 Å². The topological polar surface area (TPSA) is 84.7 Å². The number of morpholine rings is 1. The number of benzene rings is 1. The Morgan fingerprint density at radius 3 is 2.68 bits per heavy atom. The van der Waals surface area contributed by atoms with E-state index in [1.165, 1.54) is 5.69 Å². The van der Waals surface area contributed by atoms with Crippen molar-refractivity contribution >= 4 is 16.5 Å². The van der Waals surface area contributed by atoms with Crippen LogP contribution in [0.2, 0.25) is 0 Å². The molecule has 8 nitrogen and oxygen atoms in total. The second kappa shape index (κ2) is 9.12. The summed E-state index contributed by atoms with van der Waals surface area (Å²) in [4.78, 5) is 6.94. The van der Waals surface area contributed by atoms with E-state index in [0.29, 0.717) is 40.1 Å². The molecule has 1 aliphatic heterocycles. The molecule has 34 heavy (non-hydrogen) atoms. The Morgan fingerprint density at radius 2 is 1.91 bits per heavy atom. The third kappa shape index (κ3) is 4.51. The highest BCUT2D eigenvalue weighted by Crippen LogP contribution is 2.28. The van der Waals surface area contributed by atoms with Crippen molar-refractivity contribution in [2.75, 3.05) is 39.5 Å². The normalized spacial score (nSPS) is 15.9. The number of aromatic nitrogens is 2. The molecule has 0 bridgehead atoms. The van der Waals surface area contributed by atoms with Crippen LogP contribution >= 0.6 is 0 Å². The van der Waals surface area contributed by atoms with Gasteiger partial charge in [0.15, 0.2) is 5.76 Å². The van der Waals surface area contributed by atoms with E-state index < -0.39 is 0 Å². The Morgan fingerprint density at radius 1 is 1.09 bits per heavy atom. The number of hydrogen-bond donors (Lipinski definition) is 1. The Labute approximate surface area is 198 Å². The quantitative estimate of drug-likeness (QED) is 0.356. The zero-order chi connectivity index (χ0) is 23.7. The molecule has 1 saturated heterocycles. The summed E-state index contributed by atoms with van der Waals surface area (Å²) >= 11 is 0. The number of fused-ring (bicyclic) bond motifs is 2. The lowest BCUT2D eigenvalue weighted by atomic mass is 9.92. The maximum absolute atomic E-state index is 9.71. The van der Waals surface area contributed by atoms with Crippen LogP contribution in [0.25, 0.3) is 27.9 Å². The molecular weight excluding hydrogens is 432 g/mol. The molecule has 1 aliphatic rings. The number of nitrogens with zero attached hydrogens (tertiary/aromatic N) is 4. The van der Waals surface area contributed by atoms with Gasteiger partial charge in [0.1, 0.15) is 35.3 Å². The van der Waals surface area contributed by atoms with E-state index >= 15 is 0 Å². The van der Waals surface area contributed by atoms with E-state index in [1.54, 1.807) is 6.07 Å². The molecule has 0 aliphatic carbocycles. The summed E-state index contributed by atoms with van der Waals surface area (Å²) in [5.41, 5.74) is 3.48. The van der Waals surface area contributed by atoms with Crippen LogP contribution in [0.1, 0.15) is 26.5 Å². The van der Waals surface area contributed by atoms with Gasteiger partial charge in [0.25, 0.3) is 0 Å². The molecule has 4 heterocycles. The Kier molecular flexibility index (Phi) is 6.02. The summed E-state index contributed by atoms with van der Waals surface area (Å²) in [7, 11) is 0. The third-order valence-corrected chi connectivity index (χ3v) is 6.17. The lowest BCUT2D eigenvalue weighted by Crippen LogP contribution is -2.38. The molecular formula is C26H30N4O4. The number of ether oxygens (including phenoxy) is 2. The maximum atomic E-state index is 9.71. The first kappa shape index (κ1) is 22.4. The molecule has 0 unspecified atom stereocenters. The van der Waals surface area contributed by atoms with E-state index in [2.05, 4.69) is 52.3 Å². The van der Waals surface area contributed by atoms with Gasteiger partial charge in [0.05, 0.1) is 18.6 Å². The number of rotatable bonds is 5. The second-order valence-electron chi connectivity index (χ2n) is 9.59. The molecule has 178 valence electrons. The first-order valence-electron chi connectivity index (χ1n) is 11.6. The van der Waals surface area contributed by atoms with E-state index in [-0.39, 0.29) is 5.41 Å². The fraction of sp³-hybridized carbons (Fsp3) is 0.385. The van der Waals surface area contributed by atoms with Crippen molar-refractivity contribution < 1.29 is 19.1 Å². The summed E-state index contributed by atoms with van der Waals surface area (Å²) in [6.45, 7) is 11.3. The Bertz CT molecular complexity index is 1380. The van der Waals surface area contributed by atoms with Crippen molar-refractivity contribution in [3.05, 3.63) is 59.8 Å². The van der Waals surface area contributed by atoms with Crippen molar-refractivity contribution in [1.29, 1.82) is 0 Å². The zero-order valence-electron chi connectivity index (χ0n) is 19.8. The molecule has 0 saturated carbocycles. The van der Waals surface area contributed by atoms with Crippen molar-refractivity contribution in [3.63, 3.8) is 0 Å². The fourth-order valence-electron chi connectivity index (χ4n) is 4.32. The van der Waals surface area contributed by atoms with Crippen LogP contribution in [0.5, 0.6) is 5.75 Å². The van der Waals surface area contributed by atoms with Gasteiger partial charge in [-0.05, 0) is 36.4 Å². The van der Waals surface area contributed by atoms with E-state index in [1.807, 2.05) is 30.6 Å². The lowest BCUT2D eigenvalue weighted by molar-refractivity contribution is 0.0322. The number of hydrogen-bond acceptors (Lipinski definition) is 7. The monoisotopic (exact) mass is 462 g/mol. The fourth-order valence-corrected chi connectivity index (χ4v) is 4.32. The van der Waals surface area contributed by atoms with Gasteiger partial charge in [-0.15, -0.1) is 0 Å². The maximum Gasteiger partial charge on any atom is 0.155 e. The summed E-state index contributed by atoms with van der Waals surface area (Å²) in [5, 5.41) is 14.3. The Hall–Kier alpha value is -3.36. The summed E-state index contributed by atoms with van der Waals surface area (Å²) < 4.78 is 19.6. The van der Waals surface area contributed by atoms with Crippen molar-refractivity contribution in [1.82, 2.24) is 14.3 Å². The molecule has 0 atom stereocenters. The van der Waals surface area contributed by atoms with Gasteiger partial charge in [0.2, 0.25) is 0 Å². The third-order valence-electron chi connectivity index (χ3n) is 6.17. The highest BCUT2D eigenvalue weighted by molar-refractivity contribution is 5.80. The zero-order valence-corrected chi connectivity index (χ0v) is 19.8. The smallest absolute Gasteiger partial charge is 0.155 e. The average molecular weight is 463 g/mol. The first-order chi connectivity index (χ1) is 16.4. The minimum absolute atomic E-state index is 0.00779. The van der Waals surface area contributed by atoms with Crippen LogP contribution in [-0.2, 0) is 10.2 Å². The predicted molar refractivity (Wildman–Crippen MR) is 129 cm³/mol. The summed E-state index contributed by atoms with van der Waals surface area (Å²) in [5.74, 6) is 1.23. The van der Waals surface area contributed by atoms with Gasteiger partial charge in [-0.25, -0.2) is 4.98 Å². The van der Waals surface area contributed by atoms with Crippen molar-refractivity contribution in [2.24, 2.45) is 5.16 Å². The summed E-state index contributed by atoms with van der Waals surface area (Å²) in [6, 6.07) is 13.4. The SMILES string of the molecule is CC(C)(C)c1ccc2cc(-c3c/c(=N\O)c4cc(OCCN5CCOCC5)ccc4o3)ncn12. The van der Waals surface area contributed by atoms with Crippen LogP contribution in [0.15, 0.2) is 58.4 Å². The molecule has 3 aromatic heterocycles. The van der Waals surface area contributed by atoms with E-state index in [9.17, 15) is 5.21 Å². The average Bonchev–Trinajstić information content (AvgIpc) is 3.28. The van der Waals surface area contributed by atoms with Crippen LogP contribution < -0.4 is 10.1 Å². The van der Waals surface area contributed by atoms with E-state index in [0.717, 1.165) is 38.4 Å². The highest BCUT2D eigenvalue weighted by Gasteiger charge is 2.18. The molecule has 1 aromatic carbocycles. The minimum Gasteiger partial charge on any atom is -0.492 e. The standard InChI is InChI=1S/C26H30N4O4/c1-26(2,3)25-7-4-18-14-22(27-17-30(18)25)24-16-21(28-31)20-15-19(5-6-23(20)34-24)33-13-10-29-8-11-32-12-9-29/h4-7,14-17,31H,8-13H2,1-3H3/b28-21+. The first-order valence-corrected chi connectivity index (χ1v) is 11.6. The van der Waals surface area contributed by atoms with Crippen molar-refractivity contribution in [3.8, 4) is 17.2 Å². The van der Waals surface area contributed by atoms with Crippen LogP contribution in [-0.4, -0.2) is 58.9 Å². The van der Waals surface area contributed by atoms with Gasteiger partial charge in [-0.1, -0.05) is 25.9 Å². The molecule has 8 heteroatoms. The summed E-state index contributed by atoms with van der Waals surface area (Å²) in [6.07, 6.45) is 1.81. The van der Waals surface area contributed by atoms with Gasteiger partial charge in [-0.3, -0.25) is 4.90 Å². The molecule has 4 aromatic rings. The van der Waals surface area contributed by atoms with Gasteiger partial charge < -0.3 is 23.5 Å². The van der Waals surface area contributed by atoms with Crippen molar-refractivity contribution in [2.45, 2.75) is 26.2 Å². The van der Waals surface area contributed by atoms with E-state index in [4.69, 9.17) is 13.9 Å². The van der Waals surface area contributed by atoms with Gasteiger partial charge >= 0.3 is 0 Å². The molecule has 0 amide bonds. The highest BCUT2D eigenvalue weighted by atomic mass is 16.5. The second-order valence-corrected chi connectivity index (χ2v) is 9.59. The van der Waals surface area contributed by atoms with Crippen LogP contribution in [0.3, 0.4) is 0 Å². The lowest BCUT2D eigenvalue weighted by Gasteiger charge is -2.26. The Balaban J connectivity index is 1.41. The molecule has 5 rings (SSSR count). The molecule has 0 spiro atoms. The van der Waals surface area contributed by atoms with Gasteiger partial charge in [-0.2, -0.15) is 0 Å². The molecule has 1 N–H and O–H groups in total. The predicted octanol–water partition coefficient (Wildman–Crippen LogP) is 4.05.